The second-order valence-corrected chi connectivity index (χ2v) is 9.86. The van der Waals surface area contributed by atoms with E-state index in [9.17, 15) is 24.3 Å². The first-order chi connectivity index (χ1) is 18.6. The molecule has 5 unspecified atom stereocenters. The average molecular weight is 536 g/mol. The van der Waals surface area contributed by atoms with Crippen molar-refractivity contribution in [1.82, 2.24) is 20.9 Å². The molecule has 3 aromatic rings. The van der Waals surface area contributed by atoms with Crippen molar-refractivity contribution in [2.24, 2.45) is 11.7 Å². The van der Waals surface area contributed by atoms with Crippen molar-refractivity contribution in [3.8, 4) is 0 Å². The Balaban J connectivity index is 1.69. The van der Waals surface area contributed by atoms with Crippen LogP contribution < -0.4 is 21.7 Å². The van der Waals surface area contributed by atoms with E-state index in [4.69, 9.17) is 5.73 Å². The zero-order valence-corrected chi connectivity index (χ0v) is 22.4. The molecule has 0 aliphatic heterocycles. The summed E-state index contributed by atoms with van der Waals surface area (Å²) in [7, 11) is 0. The number of benzene rings is 2. The SMILES string of the molecule is CCC(C)C(NC(=O)C(C)NC(=O)C(Cc1ccccc1)NC(=O)C(N)Cc1c[nH]c2ccccc12)C(=O)O. The normalized spacial score (nSPS) is 15.0. The molecule has 0 aliphatic carbocycles. The summed E-state index contributed by atoms with van der Waals surface area (Å²) in [5, 5.41) is 18.3. The Morgan fingerprint density at radius 1 is 0.872 bits per heavy atom. The zero-order valence-electron chi connectivity index (χ0n) is 22.4. The molecule has 0 saturated carbocycles. The highest BCUT2D eigenvalue weighted by Gasteiger charge is 2.30. The molecular weight excluding hydrogens is 498 g/mol. The van der Waals surface area contributed by atoms with E-state index in [1.54, 1.807) is 6.92 Å². The molecule has 208 valence electrons. The molecule has 0 spiro atoms. The van der Waals surface area contributed by atoms with Crippen LogP contribution in [0.5, 0.6) is 0 Å². The Labute approximate surface area is 227 Å². The molecule has 0 aliphatic rings. The third-order valence-corrected chi connectivity index (χ3v) is 6.90. The molecule has 5 atom stereocenters. The van der Waals surface area contributed by atoms with Crippen LogP contribution in [0.3, 0.4) is 0 Å². The number of nitrogens with two attached hydrogens (primary N) is 1. The molecule has 1 aromatic heterocycles. The Morgan fingerprint density at radius 2 is 1.54 bits per heavy atom. The van der Waals surface area contributed by atoms with Gasteiger partial charge < -0.3 is 31.8 Å². The fourth-order valence-electron chi connectivity index (χ4n) is 4.31. The molecule has 10 nitrogen and oxygen atoms in total. The lowest BCUT2D eigenvalue weighted by molar-refractivity contribution is -0.143. The Morgan fingerprint density at radius 3 is 2.21 bits per heavy atom. The Hall–Kier alpha value is -4.18. The van der Waals surface area contributed by atoms with Gasteiger partial charge in [-0.3, -0.25) is 14.4 Å². The summed E-state index contributed by atoms with van der Waals surface area (Å²) in [5.74, 6) is -3.15. The number of rotatable bonds is 13. The third kappa shape index (κ3) is 7.90. The van der Waals surface area contributed by atoms with Crippen molar-refractivity contribution in [3.05, 3.63) is 71.9 Å². The minimum atomic E-state index is -1.14. The second kappa shape index (κ2) is 13.6. The topological polar surface area (TPSA) is 166 Å². The van der Waals surface area contributed by atoms with Gasteiger partial charge in [-0.15, -0.1) is 0 Å². The van der Waals surface area contributed by atoms with E-state index in [0.717, 1.165) is 22.0 Å². The van der Waals surface area contributed by atoms with Crippen LogP contribution in [0.15, 0.2) is 60.8 Å². The number of hydrogen-bond donors (Lipinski definition) is 6. The number of carboxylic acid groups (broad SMARTS) is 1. The highest BCUT2D eigenvalue weighted by molar-refractivity contribution is 5.94. The number of aliphatic carboxylic acids is 1. The van der Waals surface area contributed by atoms with E-state index in [2.05, 4.69) is 20.9 Å². The van der Waals surface area contributed by atoms with Gasteiger partial charge in [-0.1, -0.05) is 68.8 Å². The van der Waals surface area contributed by atoms with Crippen molar-refractivity contribution in [2.75, 3.05) is 0 Å². The van der Waals surface area contributed by atoms with Crippen molar-refractivity contribution in [3.63, 3.8) is 0 Å². The van der Waals surface area contributed by atoms with E-state index in [1.165, 1.54) is 6.92 Å². The number of hydrogen-bond acceptors (Lipinski definition) is 5. The molecule has 10 heteroatoms. The summed E-state index contributed by atoms with van der Waals surface area (Å²) in [6.45, 7) is 5.03. The summed E-state index contributed by atoms with van der Waals surface area (Å²) in [5.41, 5.74) is 8.87. The number of para-hydroxylation sites is 1. The molecule has 7 N–H and O–H groups in total. The van der Waals surface area contributed by atoms with Gasteiger partial charge in [-0.2, -0.15) is 0 Å². The fraction of sp³-hybridized carbons (Fsp3) is 0.379. The maximum atomic E-state index is 13.3. The number of nitrogens with one attached hydrogen (secondary N) is 4. The monoisotopic (exact) mass is 535 g/mol. The number of amides is 3. The lowest BCUT2D eigenvalue weighted by Crippen LogP contribution is -2.57. The van der Waals surface area contributed by atoms with Crippen molar-refractivity contribution in [2.45, 2.75) is 64.2 Å². The van der Waals surface area contributed by atoms with Crippen LogP contribution in [0.2, 0.25) is 0 Å². The van der Waals surface area contributed by atoms with Gasteiger partial charge in [0, 0.05) is 23.5 Å². The highest BCUT2D eigenvalue weighted by atomic mass is 16.4. The zero-order chi connectivity index (χ0) is 28.5. The smallest absolute Gasteiger partial charge is 0.326 e. The number of aromatic nitrogens is 1. The summed E-state index contributed by atoms with van der Waals surface area (Å²) in [4.78, 5) is 53.8. The van der Waals surface area contributed by atoms with Crippen LogP contribution in [0.4, 0.5) is 0 Å². The Kier molecular flexibility index (Phi) is 10.2. The van der Waals surface area contributed by atoms with Crippen LogP contribution in [-0.4, -0.2) is 57.9 Å². The lowest BCUT2D eigenvalue weighted by Gasteiger charge is -2.25. The van der Waals surface area contributed by atoms with Crippen LogP contribution in [0.1, 0.15) is 38.3 Å². The van der Waals surface area contributed by atoms with Crippen molar-refractivity contribution >= 4 is 34.6 Å². The van der Waals surface area contributed by atoms with Crippen LogP contribution >= 0.6 is 0 Å². The first-order valence-corrected chi connectivity index (χ1v) is 13.1. The lowest BCUT2D eigenvalue weighted by atomic mass is 9.99. The standard InChI is InChI=1S/C29H37N5O5/c1-4-17(2)25(29(38)39)34-26(35)18(3)32-28(37)24(14-19-10-6-5-7-11-19)33-27(36)22(30)15-20-16-31-23-13-9-8-12-21(20)23/h5-13,16-18,22,24-25,31H,4,14-15,30H2,1-3H3,(H,32,37)(H,33,36)(H,34,35)(H,38,39). The second-order valence-electron chi connectivity index (χ2n) is 9.86. The fourth-order valence-corrected chi connectivity index (χ4v) is 4.31. The van der Waals surface area contributed by atoms with E-state index in [0.29, 0.717) is 6.42 Å². The molecule has 0 saturated heterocycles. The van der Waals surface area contributed by atoms with Gasteiger partial charge in [-0.05, 0) is 36.5 Å². The van der Waals surface area contributed by atoms with E-state index in [-0.39, 0.29) is 18.8 Å². The van der Waals surface area contributed by atoms with Gasteiger partial charge in [-0.25, -0.2) is 4.79 Å². The van der Waals surface area contributed by atoms with Gasteiger partial charge in [0.1, 0.15) is 18.1 Å². The number of aromatic amines is 1. The van der Waals surface area contributed by atoms with Crippen molar-refractivity contribution < 1.29 is 24.3 Å². The molecule has 3 rings (SSSR count). The third-order valence-electron chi connectivity index (χ3n) is 6.90. The summed E-state index contributed by atoms with van der Waals surface area (Å²) < 4.78 is 0. The molecule has 0 bridgehead atoms. The highest BCUT2D eigenvalue weighted by Crippen LogP contribution is 2.19. The van der Waals surface area contributed by atoms with Crippen LogP contribution in [0, 0.1) is 5.92 Å². The largest absolute Gasteiger partial charge is 0.480 e. The van der Waals surface area contributed by atoms with Gasteiger partial charge in [0.15, 0.2) is 0 Å². The first kappa shape index (κ1) is 29.4. The number of carboxylic acids is 1. The minimum absolute atomic E-state index is 0.178. The van der Waals surface area contributed by atoms with Crippen molar-refractivity contribution in [1.29, 1.82) is 0 Å². The number of carbonyl (C=O) groups excluding carboxylic acids is 3. The van der Waals surface area contributed by atoms with Crippen LogP contribution in [0.25, 0.3) is 10.9 Å². The predicted molar refractivity (Wildman–Crippen MR) is 149 cm³/mol. The quantitative estimate of drug-likeness (QED) is 0.195. The number of H-pyrrole nitrogens is 1. The molecular formula is C29H37N5O5. The molecule has 0 radical (unpaired) electrons. The summed E-state index contributed by atoms with van der Waals surface area (Å²) >= 11 is 0. The van der Waals surface area contributed by atoms with E-state index < -0.39 is 47.9 Å². The maximum absolute atomic E-state index is 13.3. The average Bonchev–Trinajstić information content (AvgIpc) is 3.33. The van der Waals surface area contributed by atoms with Gasteiger partial charge >= 0.3 is 5.97 Å². The molecule has 0 fully saturated rings. The molecule has 2 aromatic carbocycles. The predicted octanol–water partition coefficient (Wildman–Crippen LogP) is 1.89. The molecule has 39 heavy (non-hydrogen) atoms. The number of carbonyl (C=O) groups is 4. The molecule has 1 heterocycles. The summed E-state index contributed by atoms with van der Waals surface area (Å²) in [6, 6.07) is 12.8. The van der Waals surface area contributed by atoms with Gasteiger partial charge in [0.25, 0.3) is 0 Å². The summed E-state index contributed by atoms with van der Waals surface area (Å²) in [6.07, 6.45) is 2.82. The Bertz CT molecular complexity index is 1290. The van der Waals surface area contributed by atoms with Gasteiger partial charge in [0.05, 0.1) is 6.04 Å². The molecule has 3 amide bonds. The number of fused-ring (bicyclic) bond motifs is 1. The van der Waals surface area contributed by atoms with Gasteiger partial charge in [0.2, 0.25) is 17.7 Å². The first-order valence-electron chi connectivity index (χ1n) is 13.1. The van der Waals surface area contributed by atoms with E-state index in [1.807, 2.05) is 67.7 Å². The van der Waals surface area contributed by atoms with E-state index >= 15 is 0 Å². The maximum Gasteiger partial charge on any atom is 0.326 e. The van der Waals surface area contributed by atoms with Crippen LogP contribution in [-0.2, 0) is 32.0 Å². The minimum Gasteiger partial charge on any atom is -0.480 e.